The number of hydrogen-bond acceptors (Lipinski definition) is 5. The molecule has 0 fully saturated rings. The molecular weight excluding hydrogens is 514 g/mol. The van der Waals surface area contributed by atoms with Gasteiger partial charge in [0, 0.05) is 42.0 Å². The molecule has 2 heterocycles. The molecule has 8 nitrogen and oxygen atoms in total. The molecule has 3 N–H and O–H groups in total. The normalized spacial score (nSPS) is 17.4. The van der Waals surface area contributed by atoms with Gasteiger partial charge in [0.25, 0.3) is 0 Å². The van der Waals surface area contributed by atoms with Crippen molar-refractivity contribution in [3.63, 3.8) is 0 Å². The van der Waals surface area contributed by atoms with Crippen LogP contribution in [-0.2, 0) is 45.7 Å². The minimum atomic E-state index is -0.664. The molecule has 2 aliphatic rings. The van der Waals surface area contributed by atoms with Gasteiger partial charge >= 0.3 is 0 Å². The number of carbonyl (C=O) groups excluding carboxylic acids is 3. The van der Waals surface area contributed by atoms with E-state index in [1.165, 1.54) is 0 Å². The maximum Gasteiger partial charge on any atom is 0.244 e. The maximum absolute atomic E-state index is 13.5. The van der Waals surface area contributed by atoms with Crippen LogP contribution >= 0.6 is 0 Å². The summed E-state index contributed by atoms with van der Waals surface area (Å²) in [6, 6.07) is 18.0. The van der Waals surface area contributed by atoms with Crippen molar-refractivity contribution in [3.8, 4) is 0 Å². The Bertz CT molecular complexity index is 1490. The number of nitrogens with one attached hydrogen (secondary N) is 3. The number of fused-ring (bicyclic) bond motifs is 3. The van der Waals surface area contributed by atoms with Gasteiger partial charge in [-0.05, 0) is 53.3 Å². The lowest BCUT2D eigenvalue weighted by atomic mass is 9.79. The summed E-state index contributed by atoms with van der Waals surface area (Å²) in [7, 11) is 0. The highest BCUT2D eigenvalue weighted by atomic mass is 16.2. The van der Waals surface area contributed by atoms with E-state index in [2.05, 4.69) is 40.8 Å². The van der Waals surface area contributed by atoms with Crippen LogP contribution in [0.1, 0.15) is 62.4 Å². The van der Waals surface area contributed by atoms with Crippen molar-refractivity contribution in [2.75, 3.05) is 17.2 Å². The molecule has 1 unspecified atom stereocenters. The van der Waals surface area contributed by atoms with Crippen LogP contribution in [0.15, 0.2) is 60.8 Å². The SMILES string of the molecule is CC(C)NCc1ccccc1CN(CC(=O)Nc1ccc2c(c1)CC1(C2)C(=O)Nc2ncccc21)C(=O)C(C)(C)C. The number of aromatic nitrogens is 1. The third kappa shape index (κ3) is 5.88. The molecule has 1 spiro atoms. The molecule has 5 rings (SSSR count). The molecule has 1 aliphatic carbocycles. The smallest absolute Gasteiger partial charge is 0.244 e. The van der Waals surface area contributed by atoms with Gasteiger partial charge in [0.15, 0.2) is 0 Å². The topological polar surface area (TPSA) is 103 Å². The molecule has 0 radical (unpaired) electrons. The van der Waals surface area contributed by atoms with E-state index in [9.17, 15) is 14.4 Å². The summed E-state index contributed by atoms with van der Waals surface area (Å²) in [6.07, 6.45) is 2.83. The van der Waals surface area contributed by atoms with E-state index in [-0.39, 0.29) is 24.3 Å². The molecule has 2 aromatic carbocycles. The van der Waals surface area contributed by atoms with Crippen LogP contribution in [-0.4, -0.2) is 40.2 Å². The minimum absolute atomic E-state index is 0.0341. The van der Waals surface area contributed by atoms with Crippen LogP contribution in [0.4, 0.5) is 11.5 Å². The van der Waals surface area contributed by atoms with E-state index in [1.807, 2.05) is 69.3 Å². The van der Waals surface area contributed by atoms with Gasteiger partial charge in [-0.2, -0.15) is 0 Å². The summed E-state index contributed by atoms with van der Waals surface area (Å²) in [6.45, 7) is 10.8. The van der Waals surface area contributed by atoms with Gasteiger partial charge in [0.2, 0.25) is 17.7 Å². The number of nitrogens with zero attached hydrogens (tertiary/aromatic N) is 2. The number of pyridine rings is 1. The van der Waals surface area contributed by atoms with Gasteiger partial charge < -0.3 is 20.9 Å². The molecule has 214 valence electrons. The van der Waals surface area contributed by atoms with Crippen LogP contribution in [0.5, 0.6) is 0 Å². The summed E-state index contributed by atoms with van der Waals surface area (Å²) < 4.78 is 0. The van der Waals surface area contributed by atoms with E-state index >= 15 is 0 Å². The zero-order valence-corrected chi connectivity index (χ0v) is 24.5. The quantitative estimate of drug-likeness (QED) is 0.379. The Morgan fingerprint density at radius 3 is 2.49 bits per heavy atom. The van der Waals surface area contributed by atoms with Crippen LogP contribution in [0.25, 0.3) is 0 Å². The highest BCUT2D eigenvalue weighted by molar-refractivity contribution is 6.06. The van der Waals surface area contributed by atoms with Gasteiger partial charge in [-0.3, -0.25) is 14.4 Å². The largest absolute Gasteiger partial charge is 0.329 e. The van der Waals surface area contributed by atoms with Crippen molar-refractivity contribution in [3.05, 3.63) is 88.6 Å². The number of amides is 3. The lowest BCUT2D eigenvalue weighted by Gasteiger charge is -2.30. The second-order valence-corrected chi connectivity index (χ2v) is 12.5. The number of anilines is 2. The summed E-state index contributed by atoms with van der Waals surface area (Å²) in [5.74, 6) is 0.244. The monoisotopic (exact) mass is 553 g/mol. The fourth-order valence-electron chi connectivity index (χ4n) is 5.80. The molecule has 0 saturated heterocycles. The summed E-state index contributed by atoms with van der Waals surface area (Å²) in [5.41, 5.74) is 4.51. The second-order valence-electron chi connectivity index (χ2n) is 12.5. The molecule has 1 aliphatic heterocycles. The van der Waals surface area contributed by atoms with Crippen molar-refractivity contribution < 1.29 is 14.4 Å². The number of benzene rings is 2. The molecule has 8 heteroatoms. The lowest BCUT2D eigenvalue weighted by molar-refractivity contribution is -0.142. The lowest BCUT2D eigenvalue weighted by Crippen LogP contribution is -2.43. The van der Waals surface area contributed by atoms with Crippen molar-refractivity contribution in [1.29, 1.82) is 0 Å². The van der Waals surface area contributed by atoms with Gasteiger partial charge in [-0.1, -0.05) is 71.0 Å². The third-order valence-electron chi connectivity index (χ3n) is 7.91. The van der Waals surface area contributed by atoms with E-state index in [0.29, 0.717) is 43.5 Å². The van der Waals surface area contributed by atoms with Crippen molar-refractivity contribution in [1.82, 2.24) is 15.2 Å². The Labute approximate surface area is 241 Å². The molecule has 3 aromatic rings. The van der Waals surface area contributed by atoms with Gasteiger partial charge in [0.05, 0.1) is 5.41 Å². The summed E-state index contributed by atoms with van der Waals surface area (Å²) >= 11 is 0. The highest BCUT2D eigenvalue weighted by Crippen LogP contribution is 2.46. The fraction of sp³-hybridized carbons (Fsp3) is 0.394. The zero-order chi connectivity index (χ0) is 29.4. The first kappa shape index (κ1) is 28.5. The van der Waals surface area contributed by atoms with Gasteiger partial charge in [-0.25, -0.2) is 4.98 Å². The first-order valence-corrected chi connectivity index (χ1v) is 14.2. The molecule has 1 aromatic heterocycles. The summed E-state index contributed by atoms with van der Waals surface area (Å²) in [4.78, 5) is 45.8. The Morgan fingerprint density at radius 2 is 1.76 bits per heavy atom. The van der Waals surface area contributed by atoms with Crippen molar-refractivity contribution >= 4 is 29.2 Å². The standard InChI is InChI=1S/C33H39N5O3/c1-21(2)35-18-23-9-6-7-10-24(23)19-38(31(41)32(3,4)5)20-28(39)36-26-13-12-22-16-33(17-25(22)15-26)27-11-8-14-34-29(27)37-30(33)40/h6-15,21,35H,16-20H2,1-5H3,(H,36,39)(H,34,37,40). The van der Waals surface area contributed by atoms with Crippen LogP contribution < -0.4 is 16.0 Å². The fourth-order valence-corrected chi connectivity index (χ4v) is 5.80. The van der Waals surface area contributed by atoms with E-state index < -0.39 is 10.8 Å². The molecule has 0 bridgehead atoms. The molecule has 3 amide bonds. The average molecular weight is 554 g/mol. The van der Waals surface area contributed by atoms with Crippen LogP contribution in [0.3, 0.4) is 0 Å². The highest BCUT2D eigenvalue weighted by Gasteiger charge is 2.51. The molecule has 1 atom stereocenters. The Balaban J connectivity index is 1.31. The molecule has 0 saturated carbocycles. The third-order valence-corrected chi connectivity index (χ3v) is 7.91. The minimum Gasteiger partial charge on any atom is -0.329 e. The first-order chi connectivity index (χ1) is 19.5. The molecular formula is C33H39N5O3. The predicted octanol–water partition coefficient (Wildman–Crippen LogP) is 4.58. The maximum atomic E-state index is 13.5. The van der Waals surface area contributed by atoms with E-state index in [0.717, 1.165) is 27.8 Å². The van der Waals surface area contributed by atoms with Crippen molar-refractivity contribution in [2.45, 2.75) is 72.0 Å². The molecule has 41 heavy (non-hydrogen) atoms. The Hall–Kier alpha value is -4.04. The van der Waals surface area contributed by atoms with Crippen LogP contribution in [0, 0.1) is 5.41 Å². The van der Waals surface area contributed by atoms with Crippen molar-refractivity contribution in [2.24, 2.45) is 5.41 Å². The summed E-state index contributed by atoms with van der Waals surface area (Å²) in [5, 5.41) is 9.38. The number of rotatable bonds is 8. The second kappa shape index (κ2) is 11.1. The van der Waals surface area contributed by atoms with Crippen LogP contribution in [0.2, 0.25) is 0 Å². The predicted molar refractivity (Wildman–Crippen MR) is 160 cm³/mol. The Morgan fingerprint density at radius 1 is 1.02 bits per heavy atom. The average Bonchev–Trinajstić information content (AvgIpc) is 3.43. The zero-order valence-electron chi connectivity index (χ0n) is 24.5. The first-order valence-electron chi connectivity index (χ1n) is 14.2. The number of carbonyl (C=O) groups is 3. The number of hydrogen-bond donors (Lipinski definition) is 3. The Kier molecular flexibility index (Phi) is 7.70. The van der Waals surface area contributed by atoms with E-state index in [1.54, 1.807) is 11.1 Å². The van der Waals surface area contributed by atoms with Gasteiger partial charge in [0.1, 0.15) is 12.4 Å². The van der Waals surface area contributed by atoms with Gasteiger partial charge in [-0.15, -0.1) is 0 Å². The van der Waals surface area contributed by atoms with E-state index in [4.69, 9.17) is 0 Å².